The molecule has 0 radical (unpaired) electrons. The lowest BCUT2D eigenvalue weighted by atomic mass is 9.80. The second-order valence-electron chi connectivity index (χ2n) is 5.38. The van der Waals surface area contributed by atoms with Crippen LogP contribution in [-0.4, -0.2) is 34.9 Å². The number of carbonyl (C=O) groups is 1. The Kier molecular flexibility index (Phi) is 3.97. The van der Waals surface area contributed by atoms with Gasteiger partial charge in [0.15, 0.2) is 0 Å². The van der Waals surface area contributed by atoms with Gasteiger partial charge in [-0.2, -0.15) is 0 Å². The first kappa shape index (κ1) is 13.5. The Morgan fingerprint density at radius 1 is 1.56 bits per heavy atom. The zero-order valence-corrected chi connectivity index (χ0v) is 10.7. The van der Waals surface area contributed by atoms with E-state index in [2.05, 4.69) is 12.2 Å². The first-order chi connectivity index (χ1) is 7.31. The van der Waals surface area contributed by atoms with Gasteiger partial charge in [-0.25, -0.2) is 0 Å². The molecule has 1 fully saturated rings. The van der Waals surface area contributed by atoms with Crippen molar-refractivity contribution in [2.75, 3.05) is 6.61 Å². The molecule has 4 heteroatoms. The summed E-state index contributed by atoms with van der Waals surface area (Å²) in [6.07, 6.45) is 1.98. The quantitative estimate of drug-likeness (QED) is 0.771. The summed E-state index contributed by atoms with van der Waals surface area (Å²) >= 11 is 0. The Labute approximate surface area is 97.4 Å². The summed E-state index contributed by atoms with van der Waals surface area (Å²) in [7, 11) is 0. The maximum atomic E-state index is 11.5. The van der Waals surface area contributed by atoms with Gasteiger partial charge in [0, 0.05) is 19.1 Å². The topological polar surface area (TPSA) is 58.6 Å². The Morgan fingerprint density at radius 3 is 2.62 bits per heavy atom. The Balaban J connectivity index is 2.84. The SMILES string of the molecule is CCC(C)NC1(C(=O)O)CCOC(C)(C)C1. The number of carboxylic acid groups (broad SMARTS) is 1. The van der Waals surface area contributed by atoms with Crippen LogP contribution in [0.5, 0.6) is 0 Å². The highest BCUT2D eigenvalue weighted by Gasteiger charge is 2.46. The largest absolute Gasteiger partial charge is 0.480 e. The van der Waals surface area contributed by atoms with Crippen molar-refractivity contribution in [2.45, 2.75) is 64.1 Å². The lowest BCUT2D eigenvalue weighted by molar-refractivity contribution is -0.159. The number of aliphatic carboxylic acids is 1. The maximum Gasteiger partial charge on any atom is 0.324 e. The molecular formula is C12H23NO3. The Hall–Kier alpha value is -0.610. The van der Waals surface area contributed by atoms with E-state index in [0.717, 1.165) is 6.42 Å². The van der Waals surface area contributed by atoms with Gasteiger partial charge in [0.05, 0.1) is 5.60 Å². The van der Waals surface area contributed by atoms with Gasteiger partial charge in [-0.05, 0) is 33.6 Å². The molecule has 1 aliphatic heterocycles. The lowest BCUT2D eigenvalue weighted by Gasteiger charge is -2.43. The van der Waals surface area contributed by atoms with E-state index in [4.69, 9.17) is 4.74 Å². The van der Waals surface area contributed by atoms with Gasteiger partial charge in [-0.1, -0.05) is 6.92 Å². The second-order valence-corrected chi connectivity index (χ2v) is 5.38. The second kappa shape index (κ2) is 4.72. The van der Waals surface area contributed by atoms with Crippen molar-refractivity contribution in [1.82, 2.24) is 5.32 Å². The van der Waals surface area contributed by atoms with Gasteiger partial charge >= 0.3 is 5.97 Å². The Bertz CT molecular complexity index is 265. The van der Waals surface area contributed by atoms with Crippen molar-refractivity contribution in [3.05, 3.63) is 0 Å². The zero-order valence-electron chi connectivity index (χ0n) is 10.7. The van der Waals surface area contributed by atoms with Crippen LogP contribution in [0, 0.1) is 0 Å². The van der Waals surface area contributed by atoms with Crippen LogP contribution in [0.4, 0.5) is 0 Å². The fourth-order valence-electron chi connectivity index (χ4n) is 2.31. The average molecular weight is 229 g/mol. The van der Waals surface area contributed by atoms with Gasteiger partial charge in [-0.3, -0.25) is 10.1 Å². The van der Waals surface area contributed by atoms with Crippen molar-refractivity contribution < 1.29 is 14.6 Å². The van der Waals surface area contributed by atoms with Gasteiger partial charge in [0.2, 0.25) is 0 Å². The molecule has 1 aliphatic rings. The molecule has 2 unspecified atom stereocenters. The summed E-state index contributed by atoms with van der Waals surface area (Å²) in [6.45, 7) is 8.47. The first-order valence-electron chi connectivity index (χ1n) is 5.96. The van der Waals surface area contributed by atoms with Crippen LogP contribution in [0.25, 0.3) is 0 Å². The third-order valence-corrected chi connectivity index (χ3v) is 3.29. The smallest absolute Gasteiger partial charge is 0.324 e. The van der Waals surface area contributed by atoms with Gasteiger partial charge < -0.3 is 9.84 Å². The van der Waals surface area contributed by atoms with Crippen molar-refractivity contribution in [3.63, 3.8) is 0 Å². The van der Waals surface area contributed by atoms with E-state index in [1.807, 2.05) is 20.8 Å². The summed E-state index contributed by atoms with van der Waals surface area (Å²) in [6, 6.07) is 0.213. The number of rotatable bonds is 4. The minimum atomic E-state index is -0.822. The molecule has 1 heterocycles. The van der Waals surface area contributed by atoms with Crippen molar-refractivity contribution in [2.24, 2.45) is 0 Å². The summed E-state index contributed by atoms with van der Waals surface area (Å²) < 4.78 is 5.58. The number of carboxylic acids is 1. The standard InChI is InChI=1S/C12H23NO3/c1-5-9(2)13-12(10(14)15)6-7-16-11(3,4)8-12/h9,13H,5-8H2,1-4H3,(H,14,15). The Morgan fingerprint density at radius 2 is 2.19 bits per heavy atom. The van der Waals surface area contributed by atoms with Gasteiger partial charge in [0.25, 0.3) is 0 Å². The molecule has 0 aromatic rings. The van der Waals surface area contributed by atoms with E-state index < -0.39 is 11.5 Å². The van der Waals surface area contributed by atoms with Gasteiger partial charge in [0.1, 0.15) is 5.54 Å². The highest BCUT2D eigenvalue weighted by Crippen LogP contribution is 2.32. The molecule has 0 saturated carbocycles. The molecule has 2 atom stereocenters. The summed E-state index contributed by atoms with van der Waals surface area (Å²) in [5, 5.41) is 12.7. The molecule has 1 rings (SSSR count). The van der Waals surface area contributed by atoms with Crippen LogP contribution in [0.2, 0.25) is 0 Å². The molecule has 1 saturated heterocycles. The number of hydrogen-bond acceptors (Lipinski definition) is 3. The number of ether oxygens (including phenoxy) is 1. The fourth-order valence-corrected chi connectivity index (χ4v) is 2.31. The lowest BCUT2D eigenvalue weighted by Crippen LogP contribution is -2.61. The van der Waals surface area contributed by atoms with Crippen LogP contribution in [0.15, 0.2) is 0 Å². The predicted molar refractivity (Wildman–Crippen MR) is 62.5 cm³/mol. The third-order valence-electron chi connectivity index (χ3n) is 3.29. The maximum absolute atomic E-state index is 11.5. The molecule has 0 aromatic heterocycles. The van der Waals surface area contributed by atoms with Crippen LogP contribution < -0.4 is 5.32 Å². The average Bonchev–Trinajstić information content (AvgIpc) is 2.15. The highest BCUT2D eigenvalue weighted by atomic mass is 16.5. The summed E-state index contributed by atoms with van der Waals surface area (Å²) in [5.41, 5.74) is -1.19. The fraction of sp³-hybridized carbons (Fsp3) is 0.917. The molecule has 0 aromatic carbocycles. The minimum Gasteiger partial charge on any atom is -0.480 e. The monoisotopic (exact) mass is 229 g/mol. The molecule has 0 bridgehead atoms. The van der Waals surface area contributed by atoms with Crippen LogP contribution >= 0.6 is 0 Å². The van der Waals surface area contributed by atoms with E-state index in [0.29, 0.717) is 19.4 Å². The molecule has 94 valence electrons. The third kappa shape index (κ3) is 2.95. The number of hydrogen-bond donors (Lipinski definition) is 2. The van der Waals surface area contributed by atoms with Crippen molar-refractivity contribution >= 4 is 5.97 Å². The van der Waals surface area contributed by atoms with Crippen molar-refractivity contribution in [3.8, 4) is 0 Å². The van der Waals surface area contributed by atoms with Crippen LogP contribution in [0.3, 0.4) is 0 Å². The van der Waals surface area contributed by atoms with E-state index >= 15 is 0 Å². The van der Waals surface area contributed by atoms with Crippen molar-refractivity contribution in [1.29, 1.82) is 0 Å². The summed E-state index contributed by atoms with van der Waals surface area (Å²) in [4.78, 5) is 11.5. The van der Waals surface area contributed by atoms with E-state index in [1.165, 1.54) is 0 Å². The molecule has 0 aliphatic carbocycles. The molecule has 2 N–H and O–H groups in total. The summed E-state index contributed by atoms with van der Waals surface area (Å²) in [5.74, 6) is -0.760. The predicted octanol–water partition coefficient (Wildman–Crippen LogP) is 1.79. The molecule has 0 spiro atoms. The molecule has 4 nitrogen and oxygen atoms in total. The zero-order chi connectivity index (χ0) is 12.4. The normalized spacial score (nSPS) is 31.0. The number of nitrogens with one attached hydrogen (secondary N) is 1. The molecule has 0 amide bonds. The van der Waals surface area contributed by atoms with Crippen LogP contribution in [0.1, 0.15) is 47.0 Å². The van der Waals surface area contributed by atoms with Gasteiger partial charge in [-0.15, -0.1) is 0 Å². The van der Waals surface area contributed by atoms with E-state index in [9.17, 15) is 9.90 Å². The van der Waals surface area contributed by atoms with E-state index in [1.54, 1.807) is 0 Å². The van der Waals surface area contributed by atoms with E-state index in [-0.39, 0.29) is 11.6 Å². The van der Waals surface area contributed by atoms with Crippen LogP contribution in [-0.2, 0) is 9.53 Å². The molecule has 16 heavy (non-hydrogen) atoms. The first-order valence-corrected chi connectivity index (χ1v) is 5.96. The minimum absolute atomic E-state index is 0.213. The molecular weight excluding hydrogens is 206 g/mol. The highest BCUT2D eigenvalue weighted by molar-refractivity contribution is 5.79.